The number of ether oxygens (including phenoxy) is 2. The van der Waals surface area contributed by atoms with Crippen molar-refractivity contribution in [2.75, 3.05) is 13.7 Å². The highest BCUT2D eigenvalue weighted by Gasteiger charge is 2.55. The lowest BCUT2D eigenvalue weighted by atomic mass is 9.78. The zero-order chi connectivity index (χ0) is 28.1. The number of benzene rings is 2. The van der Waals surface area contributed by atoms with Gasteiger partial charge in [-0.1, -0.05) is 24.3 Å². The van der Waals surface area contributed by atoms with E-state index in [0.29, 0.717) is 13.0 Å². The van der Waals surface area contributed by atoms with E-state index < -0.39 is 42.0 Å². The first-order valence-corrected chi connectivity index (χ1v) is 13.4. The summed E-state index contributed by atoms with van der Waals surface area (Å²) in [5.41, 5.74) is 1.22. The third-order valence-corrected chi connectivity index (χ3v) is 8.11. The van der Waals surface area contributed by atoms with Crippen molar-refractivity contribution < 1.29 is 32.2 Å². The van der Waals surface area contributed by atoms with Crippen LogP contribution < -0.4 is 10.1 Å². The molecular formula is C30H35F3N2O4. The Hall–Kier alpha value is -3.23. The molecule has 0 aromatic heterocycles. The molecular weight excluding hydrogens is 509 g/mol. The average Bonchev–Trinajstić information content (AvgIpc) is 3.17. The van der Waals surface area contributed by atoms with E-state index in [-0.39, 0.29) is 24.3 Å². The number of nitrogens with zero attached hydrogens (tertiary/aromatic N) is 1. The number of esters is 1. The molecule has 2 aromatic rings. The number of hydrogen-bond acceptors (Lipinski definition) is 5. The minimum atomic E-state index is -4.59. The Labute approximate surface area is 226 Å². The van der Waals surface area contributed by atoms with Gasteiger partial charge in [-0.25, -0.2) is 0 Å². The number of piperidine rings is 1. The van der Waals surface area contributed by atoms with Crippen LogP contribution in [0.2, 0.25) is 0 Å². The van der Waals surface area contributed by atoms with Crippen LogP contribution in [0.5, 0.6) is 5.75 Å². The van der Waals surface area contributed by atoms with Crippen molar-refractivity contribution in [1.29, 1.82) is 0 Å². The van der Waals surface area contributed by atoms with Gasteiger partial charge in [0.1, 0.15) is 18.3 Å². The van der Waals surface area contributed by atoms with Crippen LogP contribution in [0.15, 0.2) is 48.2 Å². The monoisotopic (exact) mass is 544 g/mol. The van der Waals surface area contributed by atoms with Gasteiger partial charge in [-0.15, -0.1) is 0 Å². The number of amides is 1. The van der Waals surface area contributed by atoms with E-state index in [1.807, 2.05) is 30.3 Å². The lowest BCUT2D eigenvalue weighted by Crippen LogP contribution is -2.58. The summed E-state index contributed by atoms with van der Waals surface area (Å²) >= 11 is 0. The second-order valence-electron chi connectivity index (χ2n) is 12.1. The maximum Gasteiger partial charge on any atom is 0.397 e. The van der Waals surface area contributed by atoms with Crippen LogP contribution in [0.1, 0.15) is 45.6 Å². The molecule has 0 spiro atoms. The number of rotatable bonds is 6. The van der Waals surface area contributed by atoms with E-state index in [0.717, 1.165) is 34.2 Å². The summed E-state index contributed by atoms with van der Waals surface area (Å²) in [6, 6.07) is 11.5. The van der Waals surface area contributed by atoms with E-state index in [9.17, 15) is 22.8 Å². The largest absolute Gasteiger partial charge is 0.497 e. The van der Waals surface area contributed by atoms with Gasteiger partial charge in [0.25, 0.3) is 0 Å². The average molecular weight is 545 g/mol. The topological polar surface area (TPSA) is 67.9 Å². The highest BCUT2D eigenvalue weighted by Crippen LogP contribution is 2.49. The number of methoxy groups -OCH3 is 1. The van der Waals surface area contributed by atoms with Crippen molar-refractivity contribution in [1.82, 2.24) is 10.2 Å². The number of alkyl halides is 3. The van der Waals surface area contributed by atoms with Crippen molar-refractivity contribution in [2.24, 2.45) is 23.2 Å². The van der Waals surface area contributed by atoms with Gasteiger partial charge in [0, 0.05) is 30.6 Å². The molecule has 2 aromatic carbocycles. The van der Waals surface area contributed by atoms with Crippen molar-refractivity contribution in [2.45, 2.75) is 64.9 Å². The lowest BCUT2D eigenvalue weighted by molar-refractivity contribution is -0.176. The first-order valence-electron chi connectivity index (χ1n) is 13.4. The molecule has 1 amide bonds. The molecule has 5 atom stereocenters. The Morgan fingerprint density at radius 1 is 1.05 bits per heavy atom. The van der Waals surface area contributed by atoms with Gasteiger partial charge in [0.15, 0.2) is 0 Å². The van der Waals surface area contributed by atoms with Gasteiger partial charge < -0.3 is 19.7 Å². The Morgan fingerprint density at radius 3 is 2.46 bits per heavy atom. The zero-order valence-corrected chi connectivity index (χ0v) is 22.7. The van der Waals surface area contributed by atoms with Crippen molar-refractivity contribution in [3.63, 3.8) is 0 Å². The molecule has 9 heteroatoms. The molecule has 1 N–H and O–H groups in total. The number of hydrogen-bond donors (Lipinski definition) is 1. The summed E-state index contributed by atoms with van der Waals surface area (Å²) in [5, 5.41) is 5.70. The van der Waals surface area contributed by atoms with Crippen LogP contribution in [0.3, 0.4) is 0 Å². The molecule has 2 unspecified atom stereocenters. The fourth-order valence-electron chi connectivity index (χ4n) is 6.28. The molecule has 2 heterocycles. The van der Waals surface area contributed by atoms with Gasteiger partial charge in [-0.2, -0.15) is 13.2 Å². The number of halogens is 3. The first-order chi connectivity index (χ1) is 18.3. The summed E-state index contributed by atoms with van der Waals surface area (Å²) in [5.74, 6) is -0.949. The Bertz CT molecular complexity index is 1300. The molecule has 1 saturated carbocycles. The van der Waals surface area contributed by atoms with Gasteiger partial charge >= 0.3 is 12.1 Å². The molecule has 5 aliphatic rings. The van der Waals surface area contributed by atoms with Crippen LogP contribution in [-0.2, 0) is 20.9 Å². The summed E-state index contributed by atoms with van der Waals surface area (Å²) in [4.78, 5) is 27.2. The quantitative estimate of drug-likeness (QED) is 0.480. The van der Waals surface area contributed by atoms with Gasteiger partial charge in [0.05, 0.1) is 18.6 Å². The molecule has 3 aliphatic carbocycles. The maximum absolute atomic E-state index is 13.2. The molecule has 7 rings (SSSR count). The fourth-order valence-corrected chi connectivity index (χ4v) is 6.28. The van der Waals surface area contributed by atoms with E-state index in [4.69, 9.17) is 9.47 Å². The molecule has 6 nitrogen and oxygen atoms in total. The van der Waals surface area contributed by atoms with E-state index >= 15 is 0 Å². The van der Waals surface area contributed by atoms with Gasteiger partial charge in [-0.3, -0.25) is 9.59 Å². The minimum Gasteiger partial charge on any atom is -0.497 e. The highest BCUT2D eigenvalue weighted by atomic mass is 19.4. The van der Waals surface area contributed by atoms with Crippen molar-refractivity contribution in [3.8, 4) is 5.75 Å². The number of carbonyl (C=O) groups is 2. The summed E-state index contributed by atoms with van der Waals surface area (Å²) < 4.78 is 50.8. The van der Waals surface area contributed by atoms with E-state index in [2.05, 4.69) is 17.5 Å². The van der Waals surface area contributed by atoms with Crippen LogP contribution in [-0.4, -0.2) is 48.8 Å². The predicted molar refractivity (Wildman–Crippen MR) is 141 cm³/mol. The van der Waals surface area contributed by atoms with Crippen molar-refractivity contribution in [3.05, 3.63) is 53.7 Å². The second kappa shape index (κ2) is 10.1. The van der Waals surface area contributed by atoms with Crippen LogP contribution in [0.4, 0.5) is 13.2 Å². The molecule has 2 aliphatic heterocycles. The summed E-state index contributed by atoms with van der Waals surface area (Å²) in [6.45, 7) is 6.05. The lowest BCUT2D eigenvalue weighted by Gasteiger charge is -2.47. The van der Waals surface area contributed by atoms with E-state index in [1.165, 1.54) is 4.90 Å². The molecule has 0 radical (unpaired) electrons. The van der Waals surface area contributed by atoms with Crippen molar-refractivity contribution >= 4 is 22.6 Å². The standard InChI is InChI=1S/C30H35F3N2O4/c1-29(2,3)28(37)39-27-23-11-18-10-21(26(27)35(16-18)25(36)14-30(31,32)33)13-24(23)34-15-17-5-6-20-12-22(38-4)8-7-19(20)9-17/h5-9,12-13,18,21,23,26-27,34H,10-11,14-16H2,1-4H3/t18-,21+,23?,26?,27+/m1/s1. The number of carbonyl (C=O) groups excluding carboxylic acids is 2. The zero-order valence-electron chi connectivity index (χ0n) is 22.7. The Kier molecular flexibility index (Phi) is 7.06. The Morgan fingerprint density at radius 2 is 1.77 bits per heavy atom. The maximum atomic E-state index is 13.2. The fraction of sp³-hybridized carbons (Fsp3) is 0.533. The second-order valence-corrected chi connectivity index (χ2v) is 12.1. The molecule has 39 heavy (non-hydrogen) atoms. The van der Waals surface area contributed by atoms with E-state index in [1.54, 1.807) is 27.9 Å². The molecule has 3 fully saturated rings. The normalized spacial score (nSPS) is 26.3. The molecule has 4 bridgehead atoms. The number of fused-ring (bicyclic) bond motifs is 2. The van der Waals surface area contributed by atoms with Gasteiger partial charge in [0.2, 0.25) is 5.91 Å². The summed E-state index contributed by atoms with van der Waals surface area (Å²) in [6.07, 6.45) is -3.34. The van der Waals surface area contributed by atoms with Gasteiger partial charge in [-0.05, 0) is 74.1 Å². The SMILES string of the molecule is COc1ccc2cc(CNC3=C[C@@H]4C[C@@H]5CC3[C@H](OC(=O)C(C)(C)C)C4N(C(=O)CC(F)(F)F)C5)ccc2c1. The summed E-state index contributed by atoms with van der Waals surface area (Å²) in [7, 11) is 1.64. The third-order valence-electron chi connectivity index (χ3n) is 8.11. The third kappa shape index (κ3) is 5.72. The Balaban J connectivity index is 1.41. The van der Waals surface area contributed by atoms with Crippen LogP contribution >= 0.6 is 0 Å². The molecule has 2 saturated heterocycles. The van der Waals surface area contributed by atoms with Crippen LogP contribution in [0.25, 0.3) is 10.8 Å². The molecule has 210 valence electrons. The minimum absolute atomic E-state index is 0.0398. The highest BCUT2D eigenvalue weighted by molar-refractivity contribution is 5.84. The smallest absolute Gasteiger partial charge is 0.397 e. The predicted octanol–water partition coefficient (Wildman–Crippen LogP) is 5.60. The number of nitrogens with one attached hydrogen (secondary N) is 1. The first kappa shape index (κ1) is 27.3. The van der Waals surface area contributed by atoms with Crippen LogP contribution in [0, 0.1) is 23.2 Å².